The van der Waals surface area contributed by atoms with Crippen molar-refractivity contribution in [2.45, 2.75) is 25.8 Å². The highest BCUT2D eigenvalue weighted by atomic mass is 16.5. The molecule has 178 valence electrons. The monoisotopic (exact) mass is 465 g/mol. The Bertz CT molecular complexity index is 1310. The molecule has 1 saturated heterocycles. The molecule has 4 heterocycles. The maximum atomic E-state index is 13.1. The van der Waals surface area contributed by atoms with Crippen molar-refractivity contribution in [1.82, 2.24) is 9.55 Å². The minimum atomic E-state index is -0.519. The van der Waals surface area contributed by atoms with Crippen LogP contribution in [-0.2, 0) is 16.1 Å². The summed E-state index contributed by atoms with van der Waals surface area (Å²) in [5, 5.41) is 3.65. The summed E-state index contributed by atoms with van der Waals surface area (Å²) < 4.78 is 12.4. The van der Waals surface area contributed by atoms with Gasteiger partial charge in [-0.05, 0) is 37.6 Å². The number of piperidine rings is 1. The summed E-state index contributed by atoms with van der Waals surface area (Å²) in [6.45, 7) is 4.58. The fourth-order valence-electron chi connectivity index (χ4n) is 5.46. The molecule has 2 bridgehead atoms. The van der Waals surface area contributed by atoms with Crippen LogP contribution in [0.3, 0.4) is 0 Å². The highest BCUT2D eigenvalue weighted by Gasteiger charge is 2.38. The first kappa shape index (κ1) is 22.2. The van der Waals surface area contributed by atoms with Gasteiger partial charge in [-0.15, -0.1) is 0 Å². The van der Waals surface area contributed by atoms with Crippen molar-refractivity contribution in [1.29, 1.82) is 0 Å². The van der Waals surface area contributed by atoms with E-state index in [0.29, 0.717) is 34.8 Å². The number of methoxy groups -OCH3 is 1. The Balaban J connectivity index is 1.37. The molecule has 1 aromatic carbocycles. The number of carbonyl (C=O) groups excluding carboxylic acids is 2. The van der Waals surface area contributed by atoms with Crippen molar-refractivity contribution in [2.24, 2.45) is 5.92 Å². The predicted octanol–water partition coefficient (Wildman–Crippen LogP) is 1.16. The van der Waals surface area contributed by atoms with Gasteiger partial charge in [0.1, 0.15) is 11.4 Å². The summed E-state index contributed by atoms with van der Waals surface area (Å²) in [6, 6.07) is 10.8. The number of quaternary nitrogens is 1. The van der Waals surface area contributed by atoms with Gasteiger partial charge in [-0.3, -0.25) is 9.59 Å². The van der Waals surface area contributed by atoms with Crippen LogP contribution in [0, 0.1) is 5.92 Å². The zero-order valence-electron chi connectivity index (χ0n) is 19.3. The summed E-state index contributed by atoms with van der Waals surface area (Å²) in [5.74, 6) is 0.559. The summed E-state index contributed by atoms with van der Waals surface area (Å²) >= 11 is 0. The number of nitrogens with one attached hydrogen (secondary N) is 3. The van der Waals surface area contributed by atoms with Crippen LogP contribution in [0.5, 0.6) is 5.75 Å². The number of anilines is 1. The van der Waals surface area contributed by atoms with Gasteiger partial charge in [0, 0.05) is 41.0 Å². The minimum Gasteiger partial charge on any atom is -0.497 e. The number of benzene rings is 1. The second-order valence-corrected chi connectivity index (χ2v) is 9.09. The van der Waals surface area contributed by atoms with Crippen LogP contribution in [0.15, 0.2) is 41.2 Å². The number of aromatic amines is 1. The van der Waals surface area contributed by atoms with Gasteiger partial charge in [0.15, 0.2) is 6.54 Å². The molecule has 34 heavy (non-hydrogen) atoms. The summed E-state index contributed by atoms with van der Waals surface area (Å²) in [6.07, 6.45) is 1.05. The molecule has 5 rings (SSSR count). The molecule has 3 aromatic rings. The molecule has 0 spiro atoms. The Morgan fingerprint density at radius 1 is 1.24 bits per heavy atom. The van der Waals surface area contributed by atoms with E-state index >= 15 is 0 Å². The zero-order chi connectivity index (χ0) is 23.8. The second-order valence-electron chi connectivity index (χ2n) is 9.09. The maximum Gasteiger partial charge on any atom is 0.356 e. The Morgan fingerprint density at radius 3 is 2.88 bits per heavy atom. The molecule has 0 saturated carbocycles. The molecule has 3 atom stereocenters. The molecule has 0 radical (unpaired) electrons. The van der Waals surface area contributed by atoms with E-state index in [1.807, 2.05) is 22.8 Å². The Labute approximate surface area is 196 Å². The third-order valence-corrected chi connectivity index (χ3v) is 6.83. The third-order valence-electron chi connectivity index (χ3n) is 6.83. The minimum absolute atomic E-state index is 0.0506. The molecule has 1 unspecified atom stereocenters. The van der Waals surface area contributed by atoms with E-state index in [-0.39, 0.29) is 36.2 Å². The van der Waals surface area contributed by atoms with Crippen LogP contribution in [0.2, 0.25) is 0 Å². The molecule has 0 aliphatic carbocycles. The summed E-state index contributed by atoms with van der Waals surface area (Å²) in [4.78, 5) is 42.2. The quantitative estimate of drug-likeness (QED) is 0.474. The molecule has 2 aliphatic heterocycles. The Hall–Kier alpha value is -3.59. The lowest BCUT2D eigenvalue weighted by Gasteiger charge is -2.40. The smallest absolute Gasteiger partial charge is 0.356 e. The SMILES string of the molecule is CCOC(=O)c1[nH]c2ccc(OC)cc2c1NC(=O)C[NH+]1C[C@@H]2C[C@H](C1)c1cccc(=O)n1C2. The summed E-state index contributed by atoms with van der Waals surface area (Å²) in [7, 11) is 1.57. The number of likely N-dealkylation sites (tertiary alicyclic amines) is 1. The average Bonchev–Trinajstić information content (AvgIpc) is 3.17. The standard InChI is InChI=1S/C25H28N4O5/c1-3-34-25(32)24-23(18-10-17(33-2)7-8-19(18)26-24)27-21(30)14-28-11-15-9-16(13-28)20-5-4-6-22(31)29(20)12-15/h4-8,10,15-16,26H,3,9,11-14H2,1-2H3,(H,27,30)/p+1/t15-,16+/m0/s1. The van der Waals surface area contributed by atoms with E-state index in [2.05, 4.69) is 10.3 Å². The molecule has 2 aliphatic rings. The average molecular weight is 466 g/mol. The van der Waals surface area contributed by atoms with Crippen molar-refractivity contribution in [3.63, 3.8) is 0 Å². The number of hydrogen-bond acceptors (Lipinski definition) is 5. The van der Waals surface area contributed by atoms with Crippen molar-refractivity contribution >= 4 is 28.5 Å². The predicted molar refractivity (Wildman–Crippen MR) is 127 cm³/mol. The number of esters is 1. The van der Waals surface area contributed by atoms with E-state index in [4.69, 9.17) is 9.47 Å². The molecule has 2 aromatic heterocycles. The first-order valence-corrected chi connectivity index (χ1v) is 11.7. The zero-order valence-corrected chi connectivity index (χ0v) is 19.3. The van der Waals surface area contributed by atoms with Gasteiger partial charge in [-0.25, -0.2) is 4.79 Å². The van der Waals surface area contributed by atoms with Gasteiger partial charge < -0.3 is 29.2 Å². The van der Waals surface area contributed by atoms with E-state index in [9.17, 15) is 14.4 Å². The normalized spacial score (nSPS) is 21.1. The van der Waals surface area contributed by atoms with Crippen LogP contribution in [0.25, 0.3) is 10.9 Å². The van der Waals surface area contributed by atoms with Gasteiger partial charge in [0.05, 0.1) is 32.5 Å². The number of pyridine rings is 1. The number of fused-ring (bicyclic) bond motifs is 5. The third kappa shape index (κ3) is 4.07. The highest BCUT2D eigenvalue weighted by molar-refractivity contribution is 6.11. The molecule has 9 nitrogen and oxygen atoms in total. The van der Waals surface area contributed by atoms with E-state index in [0.717, 1.165) is 25.2 Å². The number of carbonyl (C=O) groups is 2. The van der Waals surface area contributed by atoms with Crippen molar-refractivity contribution < 1.29 is 24.0 Å². The second kappa shape index (κ2) is 8.98. The van der Waals surface area contributed by atoms with Gasteiger partial charge in [0.2, 0.25) is 0 Å². The van der Waals surface area contributed by atoms with Gasteiger partial charge in [-0.2, -0.15) is 0 Å². The number of aromatic nitrogens is 2. The van der Waals surface area contributed by atoms with Crippen LogP contribution < -0.4 is 20.5 Å². The molecule has 3 N–H and O–H groups in total. The summed E-state index contributed by atoms with van der Waals surface area (Å²) in [5.41, 5.74) is 2.45. The number of ether oxygens (including phenoxy) is 2. The fourth-order valence-corrected chi connectivity index (χ4v) is 5.46. The lowest BCUT2D eigenvalue weighted by molar-refractivity contribution is -0.903. The van der Waals surface area contributed by atoms with E-state index in [1.165, 1.54) is 4.90 Å². The first-order valence-electron chi connectivity index (χ1n) is 11.7. The van der Waals surface area contributed by atoms with Gasteiger partial charge in [-0.1, -0.05) is 6.07 Å². The Kier molecular flexibility index (Phi) is 5.87. The number of rotatable bonds is 6. The number of nitrogens with zero attached hydrogens (tertiary/aromatic N) is 1. The van der Waals surface area contributed by atoms with Gasteiger partial charge in [0.25, 0.3) is 11.5 Å². The van der Waals surface area contributed by atoms with Crippen LogP contribution in [-0.4, -0.2) is 54.8 Å². The molecule has 9 heteroatoms. The van der Waals surface area contributed by atoms with Crippen LogP contribution in [0.4, 0.5) is 5.69 Å². The highest BCUT2D eigenvalue weighted by Crippen LogP contribution is 2.32. The van der Waals surface area contributed by atoms with E-state index in [1.54, 1.807) is 32.2 Å². The number of amides is 1. The van der Waals surface area contributed by atoms with Crippen LogP contribution >= 0.6 is 0 Å². The van der Waals surface area contributed by atoms with Gasteiger partial charge >= 0.3 is 5.97 Å². The topological polar surface area (TPSA) is 107 Å². The van der Waals surface area contributed by atoms with Crippen molar-refractivity contribution in [3.05, 3.63) is 58.1 Å². The fraction of sp³-hybridized carbons (Fsp3) is 0.400. The lowest BCUT2D eigenvalue weighted by Crippen LogP contribution is -3.15. The first-order chi connectivity index (χ1) is 16.5. The van der Waals surface area contributed by atoms with Crippen LogP contribution in [0.1, 0.15) is 35.4 Å². The molecule has 1 amide bonds. The number of H-pyrrole nitrogens is 1. The number of hydrogen-bond donors (Lipinski definition) is 3. The lowest BCUT2D eigenvalue weighted by atomic mass is 9.83. The largest absolute Gasteiger partial charge is 0.497 e. The van der Waals surface area contributed by atoms with E-state index < -0.39 is 5.97 Å². The van der Waals surface area contributed by atoms with Crippen molar-refractivity contribution in [2.75, 3.05) is 38.7 Å². The molecular weight excluding hydrogens is 436 g/mol. The maximum absolute atomic E-state index is 13.1. The molecular formula is C25H29N4O5+. The Morgan fingerprint density at radius 2 is 2.09 bits per heavy atom. The van der Waals surface area contributed by atoms with Crippen molar-refractivity contribution in [3.8, 4) is 5.75 Å². The molecule has 1 fully saturated rings.